The summed E-state index contributed by atoms with van der Waals surface area (Å²) in [4.78, 5) is 7.02. The van der Waals surface area contributed by atoms with Gasteiger partial charge in [-0.1, -0.05) is 0 Å². The van der Waals surface area contributed by atoms with Crippen molar-refractivity contribution >= 4 is 16.6 Å². The first kappa shape index (κ1) is 15.5. The highest BCUT2D eigenvalue weighted by atomic mass is 16.5. The molecular formula is C19H25N3O2. The van der Waals surface area contributed by atoms with Gasteiger partial charge in [0.2, 0.25) is 0 Å². The van der Waals surface area contributed by atoms with E-state index in [1.165, 1.54) is 38.0 Å². The molecule has 2 saturated heterocycles. The van der Waals surface area contributed by atoms with Crippen LogP contribution in [0.25, 0.3) is 10.9 Å². The fraction of sp³-hybridized carbons (Fsp3) is 0.526. The topological polar surface area (TPSA) is 46.6 Å². The zero-order valence-corrected chi connectivity index (χ0v) is 14.5. The quantitative estimate of drug-likeness (QED) is 0.939. The first-order chi connectivity index (χ1) is 11.7. The van der Waals surface area contributed by atoms with Crippen molar-refractivity contribution in [1.29, 1.82) is 0 Å². The van der Waals surface area contributed by atoms with E-state index in [9.17, 15) is 0 Å². The maximum Gasteiger partial charge on any atom is 0.162 e. The lowest BCUT2D eigenvalue weighted by molar-refractivity contribution is 0.247. The molecule has 0 atom stereocenters. The molecular weight excluding hydrogens is 302 g/mol. The number of rotatable bonds is 3. The van der Waals surface area contributed by atoms with Crippen molar-refractivity contribution in [2.45, 2.75) is 19.3 Å². The molecule has 1 N–H and O–H groups in total. The van der Waals surface area contributed by atoms with Crippen LogP contribution in [0.2, 0.25) is 0 Å². The van der Waals surface area contributed by atoms with Crippen LogP contribution in [-0.2, 0) is 0 Å². The van der Waals surface area contributed by atoms with Crippen LogP contribution in [0.1, 0.15) is 19.3 Å². The second-order valence-electron chi connectivity index (χ2n) is 6.97. The minimum Gasteiger partial charge on any atom is -0.493 e. The molecule has 4 rings (SSSR count). The Morgan fingerprint density at radius 3 is 2.50 bits per heavy atom. The first-order valence-corrected chi connectivity index (χ1v) is 8.71. The number of pyridine rings is 1. The molecule has 128 valence electrons. The van der Waals surface area contributed by atoms with Crippen LogP contribution in [0, 0.1) is 5.41 Å². The van der Waals surface area contributed by atoms with Gasteiger partial charge < -0.3 is 19.7 Å². The van der Waals surface area contributed by atoms with Crippen molar-refractivity contribution in [3.05, 3.63) is 24.4 Å². The Hall–Kier alpha value is -2.01. The Balaban J connectivity index is 1.67. The molecule has 2 fully saturated rings. The summed E-state index contributed by atoms with van der Waals surface area (Å²) in [6.45, 7) is 4.57. The first-order valence-electron chi connectivity index (χ1n) is 8.71. The number of benzene rings is 1. The number of ether oxygens (including phenoxy) is 2. The lowest BCUT2D eigenvalue weighted by Gasteiger charge is -2.40. The van der Waals surface area contributed by atoms with Gasteiger partial charge in [0.1, 0.15) is 0 Å². The number of nitrogens with zero attached hydrogens (tertiary/aromatic N) is 2. The Morgan fingerprint density at radius 2 is 1.83 bits per heavy atom. The Bertz CT molecular complexity index is 731. The highest BCUT2D eigenvalue weighted by molar-refractivity contribution is 5.94. The van der Waals surface area contributed by atoms with E-state index in [1.807, 2.05) is 12.3 Å². The molecule has 1 aromatic carbocycles. The van der Waals surface area contributed by atoms with E-state index in [0.29, 0.717) is 5.41 Å². The smallest absolute Gasteiger partial charge is 0.162 e. The fourth-order valence-electron chi connectivity index (χ4n) is 4.18. The molecule has 0 bridgehead atoms. The van der Waals surface area contributed by atoms with E-state index < -0.39 is 0 Å². The van der Waals surface area contributed by atoms with Crippen LogP contribution in [0.3, 0.4) is 0 Å². The molecule has 2 aliphatic rings. The van der Waals surface area contributed by atoms with E-state index in [0.717, 1.165) is 35.5 Å². The van der Waals surface area contributed by atoms with Crippen LogP contribution < -0.4 is 19.7 Å². The van der Waals surface area contributed by atoms with Crippen LogP contribution in [0.15, 0.2) is 24.4 Å². The van der Waals surface area contributed by atoms with Crippen molar-refractivity contribution < 1.29 is 9.47 Å². The van der Waals surface area contributed by atoms with Gasteiger partial charge in [-0.05, 0) is 43.4 Å². The molecule has 0 saturated carbocycles. The van der Waals surface area contributed by atoms with Crippen LogP contribution in [-0.4, -0.2) is 45.4 Å². The van der Waals surface area contributed by atoms with Crippen LogP contribution >= 0.6 is 0 Å². The summed E-state index contributed by atoms with van der Waals surface area (Å²) < 4.78 is 10.9. The predicted octanol–water partition coefficient (Wildman–Crippen LogP) is 2.83. The average Bonchev–Trinajstić information content (AvgIpc) is 3.08. The normalized spacial score (nSPS) is 19.8. The highest BCUT2D eigenvalue weighted by Crippen LogP contribution is 2.41. The van der Waals surface area contributed by atoms with Gasteiger partial charge >= 0.3 is 0 Å². The average molecular weight is 327 g/mol. The number of hydrogen-bond acceptors (Lipinski definition) is 5. The van der Waals surface area contributed by atoms with E-state index in [1.54, 1.807) is 14.2 Å². The molecule has 0 unspecified atom stereocenters. The predicted molar refractivity (Wildman–Crippen MR) is 96.2 cm³/mol. The summed E-state index contributed by atoms with van der Waals surface area (Å²) in [7, 11) is 3.34. The summed E-state index contributed by atoms with van der Waals surface area (Å²) in [5, 5.41) is 4.67. The molecule has 0 radical (unpaired) electrons. The number of methoxy groups -OCH3 is 2. The molecule has 1 spiro atoms. The van der Waals surface area contributed by atoms with Crippen LogP contribution in [0.4, 0.5) is 5.69 Å². The third kappa shape index (κ3) is 2.57. The van der Waals surface area contributed by atoms with Gasteiger partial charge in [-0.15, -0.1) is 0 Å². The molecule has 24 heavy (non-hydrogen) atoms. The SMILES string of the molecule is COc1cc2nccc(N3CCC4(CCNC4)CC3)c2cc1OC. The van der Waals surface area contributed by atoms with Gasteiger partial charge in [0, 0.05) is 43.0 Å². The monoisotopic (exact) mass is 327 g/mol. The van der Waals surface area contributed by atoms with Crippen LogP contribution in [0.5, 0.6) is 11.5 Å². The van der Waals surface area contributed by atoms with Crippen molar-refractivity contribution in [1.82, 2.24) is 10.3 Å². The summed E-state index contributed by atoms with van der Waals surface area (Å²) >= 11 is 0. The van der Waals surface area contributed by atoms with E-state index in [4.69, 9.17) is 9.47 Å². The third-order valence-corrected chi connectivity index (χ3v) is 5.72. The summed E-state index contributed by atoms with van der Waals surface area (Å²) in [6, 6.07) is 6.14. The van der Waals surface area contributed by atoms with E-state index >= 15 is 0 Å². The Kier molecular flexibility index (Phi) is 3.96. The zero-order chi connectivity index (χ0) is 16.6. The molecule has 0 amide bonds. The van der Waals surface area contributed by atoms with Crippen molar-refractivity contribution in [3.63, 3.8) is 0 Å². The number of nitrogens with one attached hydrogen (secondary N) is 1. The van der Waals surface area contributed by atoms with Gasteiger partial charge in [0.25, 0.3) is 0 Å². The highest BCUT2D eigenvalue weighted by Gasteiger charge is 2.37. The minimum absolute atomic E-state index is 0.528. The third-order valence-electron chi connectivity index (χ3n) is 5.72. The minimum atomic E-state index is 0.528. The largest absolute Gasteiger partial charge is 0.493 e. The number of hydrogen-bond donors (Lipinski definition) is 1. The molecule has 2 aliphatic heterocycles. The van der Waals surface area contributed by atoms with Crippen molar-refractivity contribution in [2.75, 3.05) is 45.3 Å². The van der Waals surface area contributed by atoms with Crippen molar-refractivity contribution in [2.24, 2.45) is 5.41 Å². The number of aromatic nitrogens is 1. The Morgan fingerprint density at radius 1 is 1.08 bits per heavy atom. The lowest BCUT2D eigenvalue weighted by atomic mass is 9.77. The Labute approximate surface area is 143 Å². The van der Waals surface area contributed by atoms with Gasteiger partial charge in [-0.2, -0.15) is 0 Å². The molecule has 3 heterocycles. The van der Waals surface area contributed by atoms with E-state index in [2.05, 4.69) is 27.3 Å². The standard InChI is InChI=1S/C19H25N3O2/c1-23-17-11-14-15(12-18(17)24-2)21-7-3-16(14)22-9-5-19(6-10-22)4-8-20-13-19/h3,7,11-12,20H,4-6,8-10,13H2,1-2H3. The summed E-state index contributed by atoms with van der Waals surface area (Å²) in [5.41, 5.74) is 2.73. The summed E-state index contributed by atoms with van der Waals surface area (Å²) in [6.07, 6.45) is 5.74. The van der Waals surface area contributed by atoms with Crippen molar-refractivity contribution in [3.8, 4) is 11.5 Å². The second kappa shape index (κ2) is 6.13. The maximum absolute atomic E-state index is 5.48. The zero-order valence-electron chi connectivity index (χ0n) is 14.5. The molecule has 0 aliphatic carbocycles. The molecule has 5 nitrogen and oxygen atoms in total. The second-order valence-corrected chi connectivity index (χ2v) is 6.97. The molecule has 2 aromatic rings. The van der Waals surface area contributed by atoms with Gasteiger partial charge in [-0.3, -0.25) is 4.98 Å². The van der Waals surface area contributed by atoms with Gasteiger partial charge in [0.05, 0.1) is 19.7 Å². The maximum atomic E-state index is 5.48. The number of piperidine rings is 1. The summed E-state index contributed by atoms with van der Waals surface area (Å²) in [5.74, 6) is 1.48. The van der Waals surface area contributed by atoms with E-state index in [-0.39, 0.29) is 0 Å². The molecule has 1 aromatic heterocycles. The van der Waals surface area contributed by atoms with Gasteiger partial charge in [-0.25, -0.2) is 0 Å². The number of fused-ring (bicyclic) bond motifs is 1. The number of anilines is 1. The lowest BCUT2D eigenvalue weighted by Crippen LogP contribution is -2.41. The fourth-order valence-corrected chi connectivity index (χ4v) is 4.18. The van der Waals surface area contributed by atoms with Gasteiger partial charge in [0.15, 0.2) is 11.5 Å². The molecule has 5 heteroatoms.